The summed E-state index contributed by atoms with van der Waals surface area (Å²) in [6.07, 6.45) is 4.63. The summed E-state index contributed by atoms with van der Waals surface area (Å²) >= 11 is 0. The molecule has 1 N–H and O–H groups in total. The molecule has 0 fully saturated rings. The standard InChI is InChI=1S/C12H17N3O/c1-10-11(8-14-15(10)2)5-6-13-9-12-4-3-7-16-12/h3-4,7-8,13H,5-6,9H2,1-2H3. The largest absolute Gasteiger partial charge is 0.468 e. The Morgan fingerprint density at radius 2 is 2.38 bits per heavy atom. The highest BCUT2D eigenvalue weighted by molar-refractivity contribution is 5.16. The van der Waals surface area contributed by atoms with E-state index in [1.165, 1.54) is 11.3 Å². The Balaban J connectivity index is 1.74. The van der Waals surface area contributed by atoms with E-state index in [-0.39, 0.29) is 0 Å². The van der Waals surface area contributed by atoms with Gasteiger partial charge in [0.05, 0.1) is 19.0 Å². The third-order valence-corrected chi connectivity index (χ3v) is 2.79. The highest BCUT2D eigenvalue weighted by Crippen LogP contribution is 2.05. The fourth-order valence-electron chi connectivity index (χ4n) is 1.64. The van der Waals surface area contributed by atoms with E-state index in [4.69, 9.17) is 4.42 Å². The van der Waals surface area contributed by atoms with Crippen LogP contribution < -0.4 is 5.32 Å². The quantitative estimate of drug-likeness (QED) is 0.778. The van der Waals surface area contributed by atoms with Gasteiger partial charge in [0.1, 0.15) is 5.76 Å². The maximum Gasteiger partial charge on any atom is 0.117 e. The van der Waals surface area contributed by atoms with Crippen LogP contribution in [0.3, 0.4) is 0 Å². The molecule has 16 heavy (non-hydrogen) atoms. The highest BCUT2D eigenvalue weighted by Gasteiger charge is 2.02. The van der Waals surface area contributed by atoms with Crippen LogP contribution in [0.1, 0.15) is 17.0 Å². The Labute approximate surface area is 95.3 Å². The van der Waals surface area contributed by atoms with Crippen molar-refractivity contribution in [3.05, 3.63) is 41.6 Å². The minimum Gasteiger partial charge on any atom is -0.468 e. The topological polar surface area (TPSA) is 43.0 Å². The Morgan fingerprint density at radius 3 is 3.00 bits per heavy atom. The molecule has 0 amide bonds. The summed E-state index contributed by atoms with van der Waals surface area (Å²) < 4.78 is 7.14. The molecule has 2 rings (SSSR count). The maximum atomic E-state index is 5.23. The molecule has 0 bridgehead atoms. The smallest absolute Gasteiger partial charge is 0.117 e. The molecule has 0 saturated heterocycles. The third-order valence-electron chi connectivity index (χ3n) is 2.79. The Morgan fingerprint density at radius 1 is 1.50 bits per heavy atom. The number of nitrogens with zero attached hydrogens (tertiary/aromatic N) is 2. The number of aryl methyl sites for hydroxylation is 1. The van der Waals surface area contributed by atoms with Crippen LogP contribution in [0.2, 0.25) is 0 Å². The van der Waals surface area contributed by atoms with E-state index in [1.54, 1.807) is 6.26 Å². The molecule has 0 atom stereocenters. The van der Waals surface area contributed by atoms with Gasteiger partial charge in [-0.05, 0) is 37.6 Å². The summed E-state index contributed by atoms with van der Waals surface area (Å²) in [7, 11) is 1.97. The van der Waals surface area contributed by atoms with Crippen molar-refractivity contribution >= 4 is 0 Å². The van der Waals surface area contributed by atoms with E-state index in [1.807, 2.05) is 30.1 Å². The minimum absolute atomic E-state index is 0.784. The summed E-state index contributed by atoms with van der Waals surface area (Å²) in [6.45, 7) is 3.81. The average molecular weight is 219 g/mol. The van der Waals surface area contributed by atoms with E-state index in [0.29, 0.717) is 0 Å². The molecule has 2 aromatic rings. The molecular weight excluding hydrogens is 202 g/mol. The minimum atomic E-state index is 0.784. The summed E-state index contributed by atoms with van der Waals surface area (Å²) in [5, 5.41) is 7.56. The van der Waals surface area contributed by atoms with Crippen molar-refractivity contribution in [3.8, 4) is 0 Å². The molecule has 0 radical (unpaired) electrons. The van der Waals surface area contributed by atoms with Gasteiger partial charge in [-0.3, -0.25) is 4.68 Å². The molecule has 4 nitrogen and oxygen atoms in total. The first-order valence-corrected chi connectivity index (χ1v) is 5.48. The molecule has 0 saturated carbocycles. The first kappa shape index (κ1) is 11.0. The van der Waals surface area contributed by atoms with Crippen LogP contribution in [0.25, 0.3) is 0 Å². The average Bonchev–Trinajstić information content (AvgIpc) is 2.88. The van der Waals surface area contributed by atoms with Gasteiger partial charge in [0, 0.05) is 12.7 Å². The highest BCUT2D eigenvalue weighted by atomic mass is 16.3. The predicted molar refractivity (Wildman–Crippen MR) is 62.1 cm³/mol. The Hall–Kier alpha value is -1.55. The summed E-state index contributed by atoms with van der Waals surface area (Å²) in [4.78, 5) is 0. The van der Waals surface area contributed by atoms with Gasteiger partial charge < -0.3 is 9.73 Å². The van der Waals surface area contributed by atoms with Crippen LogP contribution in [0.15, 0.2) is 29.0 Å². The summed E-state index contributed by atoms with van der Waals surface area (Å²) in [6, 6.07) is 3.88. The van der Waals surface area contributed by atoms with E-state index >= 15 is 0 Å². The fraction of sp³-hybridized carbons (Fsp3) is 0.417. The predicted octanol–water partition coefficient (Wildman–Crippen LogP) is 1.65. The summed E-state index contributed by atoms with van der Waals surface area (Å²) in [5.74, 6) is 0.975. The second kappa shape index (κ2) is 4.99. The molecule has 86 valence electrons. The molecule has 0 aromatic carbocycles. The molecule has 4 heteroatoms. The first-order valence-electron chi connectivity index (χ1n) is 5.48. The van der Waals surface area contributed by atoms with Gasteiger partial charge in [0.15, 0.2) is 0 Å². The normalized spacial score (nSPS) is 10.9. The van der Waals surface area contributed by atoms with Crippen molar-refractivity contribution in [3.63, 3.8) is 0 Å². The van der Waals surface area contributed by atoms with E-state index < -0.39 is 0 Å². The Bertz CT molecular complexity index is 431. The van der Waals surface area contributed by atoms with Crippen molar-refractivity contribution in [1.82, 2.24) is 15.1 Å². The van der Waals surface area contributed by atoms with Gasteiger partial charge in [-0.2, -0.15) is 5.10 Å². The number of nitrogens with one attached hydrogen (secondary N) is 1. The number of aromatic nitrogens is 2. The van der Waals surface area contributed by atoms with E-state index in [0.717, 1.165) is 25.3 Å². The molecule has 2 heterocycles. The van der Waals surface area contributed by atoms with Crippen LogP contribution in [0.5, 0.6) is 0 Å². The lowest BCUT2D eigenvalue weighted by Gasteiger charge is -2.02. The molecule has 2 aromatic heterocycles. The van der Waals surface area contributed by atoms with Gasteiger partial charge in [-0.25, -0.2) is 0 Å². The van der Waals surface area contributed by atoms with Crippen molar-refractivity contribution in [2.75, 3.05) is 6.54 Å². The molecule has 0 unspecified atom stereocenters. The molecule has 0 aliphatic rings. The van der Waals surface area contributed by atoms with E-state index in [9.17, 15) is 0 Å². The second-order valence-corrected chi connectivity index (χ2v) is 3.88. The SMILES string of the molecule is Cc1c(CCNCc2ccco2)cnn1C. The van der Waals surface area contributed by atoms with E-state index in [2.05, 4.69) is 17.3 Å². The van der Waals surface area contributed by atoms with Crippen LogP contribution >= 0.6 is 0 Å². The fourth-order valence-corrected chi connectivity index (χ4v) is 1.64. The van der Waals surface area contributed by atoms with Crippen LogP contribution in [0.4, 0.5) is 0 Å². The lowest BCUT2D eigenvalue weighted by Crippen LogP contribution is -2.16. The van der Waals surface area contributed by atoms with Gasteiger partial charge in [-0.15, -0.1) is 0 Å². The third kappa shape index (κ3) is 2.52. The van der Waals surface area contributed by atoms with Crippen LogP contribution in [-0.2, 0) is 20.0 Å². The van der Waals surface area contributed by atoms with Crippen LogP contribution in [-0.4, -0.2) is 16.3 Å². The first-order chi connectivity index (χ1) is 7.77. The zero-order chi connectivity index (χ0) is 11.4. The van der Waals surface area contributed by atoms with Gasteiger partial charge >= 0.3 is 0 Å². The van der Waals surface area contributed by atoms with Gasteiger partial charge in [0.25, 0.3) is 0 Å². The molecular formula is C12H17N3O. The molecule has 0 spiro atoms. The lowest BCUT2D eigenvalue weighted by atomic mass is 10.2. The zero-order valence-electron chi connectivity index (χ0n) is 9.73. The lowest BCUT2D eigenvalue weighted by molar-refractivity contribution is 0.484. The van der Waals surface area contributed by atoms with Crippen molar-refractivity contribution in [1.29, 1.82) is 0 Å². The number of rotatable bonds is 5. The van der Waals surface area contributed by atoms with Crippen molar-refractivity contribution in [2.24, 2.45) is 7.05 Å². The maximum absolute atomic E-state index is 5.23. The van der Waals surface area contributed by atoms with Gasteiger partial charge in [0.2, 0.25) is 0 Å². The number of hydrogen-bond acceptors (Lipinski definition) is 3. The molecule has 0 aliphatic carbocycles. The monoisotopic (exact) mass is 219 g/mol. The number of furan rings is 1. The number of hydrogen-bond donors (Lipinski definition) is 1. The molecule has 0 aliphatic heterocycles. The summed E-state index contributed by atoms with van der Waals surface area (Å²) in [5.41, 5.74) is 2.54. The van der Waals surface area contributed by atoms with Crippen molar-refractivity contribution < 1.29 is 4.42 Å². The second-order valence-electron chi connectivity index (χ2n) is 3.88. The zero-order valence-corrected chi connectivity index (χ0v) is 9.73. The Kier molecular flexibility index (Phi) is 3.41. The van der Waals surface area contributed by atoms with Crippen LogP contribution in [0, 0.1) is 6.92 Å². The van der Waals surface area contributed by atoms with Gasteiger partial charge in [-0.1, -0.05) is 0 Å². The van der Waals surface area contributed by atoms with Crippen molar-refractivity contribution in [2.45, 2.75) is 19.9 Å².